The highest BCUT2D eigenvalue weighted by atomic mass is 16.8. The van der Waals surface area contributed by atoms with E-state index in [1.165, 1.54) is 0 Å². The molecule has 3 aliphatic heterocycles. The lowest BCUT2D eigenvalue weighted by Crippen LogP contribution is -2.68. The maximum atomic E-state index is 12.4. The van der Waals surface area contributed by atoms with E-state index in [1.807, 2.05) is 0 Å². The van der Waals surface area contributed by atoms with Crippen molar-refractivity contribution in [1.82, 2.24) is 0 Å². The van der Waals surface area contributed by atoms with Gasteiger partial charge in [-0.25, -0.2) is 9.59 Å². The Morgan fingerprint density at radius 2 is 1.53 bits per heavy atom. The zero-order valence-corrected chi connectivity index (χ0v) is 22.8. The molecule has 3 rings (SSSR count). The molecule has 0 aromatic heterocycles. The van der Waals surface area contributed by atoms with E-state index >= 15 is 0 Å². The van der Waals surface area contributed by atoms with Crippen molar-refractivity contribution in [1.29, 1.82) is 0 Å². The van der Waals surface area contributed by atoms with E-state index in [9.17, 15) is 60.7 Å². The number of hydrogen-bond acceptors (Lipinski definition) is 17. The van der Waals surface area contributed by atoms with Crippen LogP contribution < -0.4 is 5.73 Å². The normalized spacial score (nSPS) is 43.5. The molecule has 0 aliphatic carbocycles. The highest BCUT2D eigenvalue weighted by Crippen LogP contribution is 2.40. The summed E-state index contributed by atoms with van der Waals surface area (Å²) in [7, 11) is 0. The Morgan fingerprint density at radius 1 is 0.930 bits per heavy atom. The van der Waals surface area contributed by atoms with Crippen LogP contribution in [0.5, 0.6) is 0 Å². The minimum Gasteiger partial charge on any atom is -0.477 e. The molecule has 248 valence electrons. The molecule has 0 amide bonds. The Labute approximate surface area is 244 Å². The predicted molar refractivity (Wildman–Crippen MR) is 134 cm³/mol. The van der Waals surface area contributed by atoms with E-state index in [1.54, 1.807) is 0 Å². The molecule has 3 saturated heterocycles. The van der Waals surface area contributed by atoms with E-state index in [0.717, 1.165) is 6.08 Å². The summed E-state index contributed by atoms with van der Waals surface area (Å²) in [6.45, 7) is 0.937. The zero-order valence-electron chi connectivity index (χ0n) is 22.8. The van der Waals surface area contributed by atoms with Gasteiger partial charge in [-0.15, -0.1) is 6.58 Å². The van der Waals surface area contributed by atoms with Crippen LogP contribution in [0, 0.1) is 0 Å². The van der Waals surface area contributed by atoms with Gasteiger partial charge < -0.3 is 85.2 Å². The summed E-state index contributed by atoms with van der Waals surface area (Å²) in [6.07, 6.45) is -20.7. The standard InChI is InChI=1S/C24H39NO18/c1-2-3-40-23(21(34)35)5-13(41-24(22(36)37)4-10(27)15(31)18(43-24)11(28)6-26)16(32)19(42-23)12(29)8-39-20-17(33)14(30)9(25)7-38-20/h2,9-20,26-33H,1,3-8,25H2,(H,34,35)(H,36,37)/t9-,10+,11+,12+,13+,14-,15+,16+,17+,18+,19+,20+,23+,24+/m0/s1. The molecule has 0 bridgehead atoms. The number of hydrogen-bond donors (Lipinski definition) is 11. The molecule has 3 heterocycles. The van der Waals surface area contributed by atoms with Gasteiger partial charge >= 0.3 is 11.9 Å². The molecule has 0 unspecified atom stereocenters. The van der Waals surface area contributed by atoms with Crippen molar-refractivity contribution in [2.75, 3.05) is 26.4 Å². The molecule has 0 spiro atoms. The van der Waals surface area contributed by atoms with Gasteiger partial charge in [0.1, 0.15) is 48.8 Å². The van der Waals surface area contributed by atoms with E-state index in [0.29, 0.717) is 0 Å². The van der Waals surface area contributed by atoms with Crippen molar-refractivity contribution in [3.8, 4) is 0 Å². The minimum absolute atomic E-state index is 0.223. The Balaban J connectivity index is 1.91. The maximum absolute atomic E-state index is 12.4. The minimum atomic E-state index is -2.92. The molecule has 0 aromatic rings. The first-order chi connectivity index (χ1) is 20.1. The largest absolute Gasteiger partial charge is 0.477 e. The van der Waals surface area contributed by atoms with E-state index < -0.39 is 130 Å². The number of aliphatic hydroxyl groups is 8. The summed E-state index contributed by atoms with van der Waals surface area (Å²) < 4.78 is 32.2. The van der Waals surface area contributed by atoms with E-state index in [-0.39, 0.29) is 6.61 Å². The van der Waals surface area contributed by atoms with Gasteiger partial charge in [-0.1, -0.05) is 6.08 Å². The maximum Gasteiger partial charge on any atom is 0.364 e. The average Bonchev–Trinajstić information content (AvgIpc) is 2.96. The Hall–Kier alpha value is -1.92. The van der Waals surface area contributed by atoms with Crippen molar-refractivity contribution < 1.29 is 89.1 Å². The highest BCUT2D eigenvalue weighted by molar-refractivity contribution is 5.77. The Morgan fingerprint density at radius 3 is 2.12 bits per heavy atom. The molecule has 3 fully saturated rings. The summed E-state index contributed by atoms with van der Waals surface area (Å²) >= 11 is 0. The van der Waals surface area contributed by atoms with Crippen molar-refractivity contribution in [3.63, 3.8) is 0 Å². The molecule has 43 heavy (non-hydrogen) atoms. The van der Waals surface area contributed by atoms with E-state index in [4.69, 9.17) is 34.2 Å². The number of aliphatic carboxylic acids is 2. The lowest BCUT2D eigenvalue weighted by Gasteiger charge is -2.49. The van der Waals surface area contributed by atoms with Crippen molar-refractivity contribution in [2.45, 2.75) is 97.8 Å². The Bertz CT molecular complexity index is 973. The number of aliphatic hydroxyl groups excluding tert-OH is 8. The Kier molecular flexibility index (Phi) is 12.0. The first-order valence-corrected chi connectivity index (χ1v) is 13.2. The smallest absolute Gasteiger partial charge is 0.364 e. The van der Waals surface area contributed by atoms with Crippen LogP contribution in [-0.2, 0) is 38.0 Å². The molecule has 19 heteroatoms. The summed E-state index contributed by atoms with van der Waals surface area (Å²) in [5, 5.41) is 102. The summed E-state index contributed by atoms with van der Waals surface area (Å²) in [4.78, 5) is 24.8. The van der Waals surface area contributed by atoms with Gasteiger partial charge in [0, 0.05) is 12.8 Å². The molecule has 19 nitrogen and oxygen atoms in total. The number of ether oxygens (including phenoxy) is 6. The molecule has 14 atom stereocenters. The molecule has 0 radical (unpaired) electrons. The van der Waals surface area contributed by atoms with Crippen molar-refractivity contribution in [3.05, 3.63) is 12.7 Å². The van der Waals surface area contributed by atoms with Gasteiger partial charge in [0.2, 0.25) is 0 Å². The lowest BCUT2D eigenvalue weighted by atomic mass is 9.90. The van der Waals surface area contributed by atoms with Crippen LogP contribution in [0.1, 0.15) is 12.8 Å². The third-order valence-electron chi connectivity index (χ3n) is 7.37. The predicted octanol–water partition coefficient (Wildman–Crippen LogP) is -6.07. The third-order valence-corrected chi connectivity index (χ3v) is 7.37. The second kappa shape index (κ2) is 14.5. The summed E-state index contributed by atoms with van der Waals surface area (Å²) in [6, 6.07) is -0.930. The van der Waals surface area contributed by atoms with Gasteiger partial charge in [0.15, 0.2) is 6.29 Å². The SMILES string of the molecule is C=CCO[C@]1(C(=O)O)C[C@@H](O[C@]2(C(=O)O)C[C@@H](O)[C@@H](O)[C@@H]([C@H](O)CO)O2)[C@@H](O)[C@@H]([C@H](O)CO[C@H]2OC[C@H](N)[C@H](O)[C@H]2O)O1. The van der Waals surface area contributed by atoms with Crippen molar-refractivity contribution in [2.24, 2.45) is 5.73 Å². The van der Waals surface area contributed by atoms with Gasteiger partial charge in [0.05, 0.1) is 44.7 Å². The number of rotatable bonds is 13. The van der Waals surface area contributed by atoms with Crippen LogP contribution >= 0.6 is 0 Å². The number of carboxylic acids is 2. The second-order valence-electron chi connectivity index (χ2n) is 10.5. The van der Waals surface area contributed by atoms with Gasteiger partial charge in [-0.05, 0) is 0 Å². The van der Waals surface area contributed by atoms with Crippen LogP contribution in [0.25, 0.3) is 0 Å². The molecule has 0 saturated carbocycles. The number of carboxylic acid groups (broad SMARTS) is 2. The second-order valence-corrected chi connectivity index (χ2v) is 10.5. The number of nitrogens with two attached hydrogens (primary N) is 1. The van der Waals surface area contributed by atoms with Gasteiger partial charge in [-0.2, -0.15) is 0 Å². The molecule has 12 N–H and O–H groups in total. The zero-order chi connectivity index (χ0) is 32.3. The highest BCUT2D eigenvalue weighted by Gasteiger charge is 2.61. The molecule has 3 aliphatic rings. The topological polar surface area (TPSA) is 318 Å². The fourth-order valence-corrected chi connectivity index (χ4v) is 4.96. The number of carbonyl (C=O) groups is 2. The third kappa shape index (κ3) is 7.49. The van der Waals surface area contributed by atoms with Crippen LogP contribution in [0.4, 0.5) is 0 Å². The quantitative estimate of drug-likeness (QED) is 0.0844. The molecular formula is C24H39NO18. The van der Waals surface area contributed by atoms with E-state index in [2.05, 4.69) is 6.58 Å². The lowest BCUT2D eigenvalue weighted by molar-refractivity contribution is -0.374. The van der Waals surface area contributed by atoms with Gasteiger partial charge in [-0.3, -0.25) is 0 Å². The molecule has 0 aromatic carbocycles. The first kappa shape index (κ1) is 35.6. The summed E-state index contributed by atoms with van der Waals surface area (Å²) in [5.74, 6) is -9.31. The van der Waals surface area contributed by atoms with Crippen molar-refractivity contribution >= 4 is 11.9 Å². The molecular weight excluding hydrogens is 590 g/mol. The van der Waals surface area contributed by atoms with Crippen LogP contribution in [0.15, 0.2) is 12.7 Å². The van der Waals surface area contributed by atoms with Crippen LogP contribution in [0.2, 0.25) is 0 Å². The van der Waals surface area contributed by atoms with Crippen LogP contribution in [-0.4, -0.2) is 174 Å². The summed E-state index contributed by atoms with van der Waals surface area (Å²) in [5.41, 5.74) is 5.60. The monoisotopic (exact) mass is 629 g/mol. The average molecular weight is 630 g/mol. The first-order valence-electron chi connectivity index (χ1n) is 13.2. The fourth-order valence-electron chi connectivity index (χ4n) is 4.96. The van der Waals surface area contributed by atoms with Crippen LogP contribution in [0.3, 0.4) is 0 Å². The fraction of sp³-hybridized carbons (Fsp3) is 0.833. The van der Waals surface area contributed by atoms with Gasteiger partial charge in [0.25, 0.3) is 11.6 Å².